The van der Waals surface area contributed by atoms with Crippen molar-refractivity contribution < 1.29 is 0 Å². The number of thioether (sulfide) groups is 1. The van der Waals surface area contributed by atoms with Crippen LogP contribution in [0.25, 0.3) is 0 Å². The molecule has 1 N–H and O–H groups in total. The molecule has 0 spiro atoms. The maximum atomic E-state index is 11.6. The molecule has 17 heavy (non-hydrogen) atoms. The van der Waals surface area contributed by atoms with Gasteiger partial charge in [0.05, 0.1) is 0 Å². The van der Waals surface area contributed by atoms with E-state index in [1.807, 2.05) is 4.57 Å². The van der Waals surface area contributed by atoms with E-state index in [2.05, 4.69) is 26.1 Å². The lowest BCUT2D eigenvalue weighted by atomic mass is 9.72. The minimum Gasteiger partial charge on any atom is -0.267 e. The fourth-order valence-corrected chi connectivity index (χ4v) is 4.59. The summed E-state index contributed by atoms with van der Waals surface area (Å²) in [5.41, 5.74) is 0.394. The summed E-state index contributed by atoms with van der Waals surface area (Å²) in [4.78, 5) is 11.6. The van der Waals surface area contributed by atoms with Crippen LogP contribution in [0.5, 0.6) is 0 Å². The van der Waals surface area contributed by atoms with Crippen molar-refractivity contribution in [3.8, 4) is 0 Å². The number of hydrogen-bond donors (Lipinski definition) is 1. The second-order valence-corrected chi connectivity index (χ2v) is 6.69. The maximum absolute atomic E-state index is 11.6. The van der Waals surface area contributed by atoms with Crippen LogP contribution >= 0.6 is 27.7 Å². The molecule has 4 nitrogen and oxygen atoms in total. The molecule has 94 valence electrons. The lowest BCUT2D eigenvalue weighted by Gasteiger charge is -2.40. The van der Waals surface area contributed by atoms with Crippen LogP contribution in [0.4, 0.5) is 0 Å². The average molecular weight is 318 g/mol. The molecule has 6 heteroatoms. The van der Waals surface area contributed by atoms with E-state index in [1.165, 1.54) is 19.3 Å². The Morgan fingerprint density at radius 1 is 1.53 bits per heavy atom. The van der Waals surface area contributed by atoms with E-state index in [0.717, 1.165) is 29.1 Å². The standard InChI is InChI=1S/C11H16BrN3OS/c12-6-11(4-1-5-11)7-17-10-14-13-9(16)15(10)8-2-3-8/h8H,1-7H2,(H,13,16). The van der Waals surface area contributed by atoms with Gasteiger partial charge in [-0.15, -0.1) is 5.10 Å². The van der Waals surface area contributed by atoms with Crippen molar-refractivity contribution in [3.63, 3.8) is 0 Å². The van der Waals surface area contributed by atoms with Crippen molar-refractivity contribution >= 4 is 27.7 Å². The number of aromatic amines is 1. The topological polar surface area (TPSA) is 50.7 Å². The van der Waals surface area contributed by atoms with Gasteiger partial charge in [0, 0.05) is 17.1 Å². The number of nitrogens with one attached hydrogen (secondary N) is 1. The highest BCUT2D eigenvalue weighted by Crippen LogP contribution is 2.46. The van der Waals surface area contributed by atoms with Crippen molar-refractivity contribution in [1.29, 1.82) is 0 Å². The van der Waals surface area contributed by atoms with Crippen LogP contribution in [0.15, 0.2) is 9.95 Å². The Bertz CT molecular complexity index is 456. The van der Waals surface area contributed by atoms with Gasteiger partial charge in [-0.2, -0.15) is 0 Å². The van der Waals surface area contributed by atoms with Crippen molar-refractivity contribution in [1.82, 2.24) is 14.8 Å². The summed E-state index contributed by atoms with van der Waals surface area (Å²) in [6.45, 7) is 0. The molecule has 3 rings (SSSR count). The Balaban J connectivity index is 1.70. The molecule has 0 saturated heterocycles. The summed E-state index contributed by atoms with van der Waals surface area (Å²) in [6.07, 6.45) is 6.17. The van der Waals surface area contributed by atoms with Crippen molar-refractivity contribution in [3.05, 3.63) is 10.5 Å². The lowest BCUT2D eigenvalue weighted by molar-refractivity contribution is 0.206. The highest BCUT2D eigenvalue weighted by Gasteiger charge is 2.37. The molecule has 2 fully saturated rings. The first kappa shape index (κ1) is 11.8. The van der Waals surface area contributed by atoms with Gasteiger partial charge in [0.1, 0.15) is 0 Å². The van der Waals surface area contributed by atoms with Gasteiger partial charge in [-0.1, -0.05) is 34.1 Å². The fourth-order valence-electron chi connectivity index (χ4n) is 2.26. The molecular weight excluding hydrogens is 302 g/mol. The second-order valence-electron chi connectivity index (χ2n) is 5.19. The third-order valence-corrected chi connectivity index (χ3v) is 6.28. The Kier molecular flexibility index (Phi) is 3.11. The van der Waals surface area contributed by atoms with E-state index in [0.29, 0.717) is 11.5 Å². The molecule has 2 aliphatic carbocycles. The molecule has 0 bridgehead atoms. The molecule has 0 radical (unpaired) electrons. The highest BCUT2D eigenvalue weighted by atomic mass is 79.9. The van der Waals surface area contributed by atoms with Gasteiger partial charge in [-0.3, -0.25) is 4.57 Å². The molecule has 0 unspecified atom stereocenters. The Labute approximate surface area is 113 Å². The normalized spacial score (nSPS) is 22.4. The maximum Gasteiger partial charge on any atom is 0.344 e. The number of H-pyrrole nitrogens is 1. The molecule has 1 heterocycles. The molecule has 0 aromatic carbocycles. The summed E-state index contributed by atoms with van der Waals surface area (Å²) in [5.74, 6) is 1.06. The lowest BCUT2D eigenvalue weighted by Crippen LogP contribution is -2.33. The van der Waals surface area contributed by atoms with Gasteiger partial charge in [0.25, 0.3) is 0 Å². The highest BCUT2D eigenvalue weighted by molar-refractivity contribution is 9.09. The van der Waals surface area contributed by atoms with Crippen LogP contribution < -0.4 is 5.69 Å². The van der Waals surface area contributed by atoms with E-state index in [9.17, 15) is 4.79 Å². The van der Waals surface area contributed by atoms with Crippen LogP contribution in [0.3, 0.4) is 0 Å². The van der Waals surface area contributed by atoms with Gasteiger partial charge in [0.2, 0.25) is 0 Å². The quantitative estimate of drug-likeness (QED) is 0.670. The minimum absolute atomic E-state index is 0.0449. The van der Waals surface area contributed by atoms with E-state index < -0.39 is 0 Å². The van der Waals surface area contributed by atoms with Crippen LogP contribution in [-0.2, 0) is 0 Å². The molecule has 0 atom stereocenters. The molecule has 1 aromatic rings. The molecule has 2 aliphatic rings. The second kappa shape index (κ2) is 4.46. The average Bonchev–Trinajstić information content (AvgIpc) is 3.03. The molecule has 1 aromatic heterocycles. The summed E-state index contributed by atoms with van der Waals surface area (Å²) in [5, 5.41) is 8.66. The van der Waals surface area contributed by atoms with Gasteiger partial charge < -0.3 is 0 Å². The van der Waals surface area contributed by atoms with E-state index >= 15 is 0 Å². The summed E-state index contributed by atoms with van der Waals surface area (Å²) < 4.78 is 1.84. The van der Waals surface area contributed by atoms with E-state index in [-0.39, 0.29) is 5.69 Å². The van der Waals surface area contributed by atoms with Gasteiger partial charge in [-0.05, 0) is 31.1 Å². The number of rotatable bonds is 5. The Hall–Kier alpha value is -0.230. The largest absolute Gasteiger partial charge is 0.344 e. The van der Waals surface area contributed by atoms with Gasteiger partial charge in [-0.25, -0.2) is 9.89 Å². The number of halogens is 1. The van der Waals surface area contributed by atoms with Crippen molar-refractivity contribution in [2.45, 2.75) is 43.3 Å². The molecule has 0 amide bonds. The van der Waals surface area contributed by atoms with Crippen LogP contribution in [0.1, 0.15) is 38.1 Å². The zero-order chi connectivity index (χ0) is 11.9. The number of nitrogens with zero attached hydrogens (tertiary/aromatic N) is 2. The summed E-state index contributed by atoms with van der Waals surface area (Å²) >= 11 is 5.35. The molecular formula is C11H16BrN3OS. The third-order valence-electron chi connectivity index (χ3n) is 3.79. The molecule has 0 aliphatic heterocycles. The van der Waals surface area contributed by atoms with Crippen LogP contribution in [0, 0.1) is 5.41 Å². The minimum atomic E-state index is -0.0449. The first-order valence-corrected chi connectivity index (χ1v) is 8.20. The number of alkyl halides is 1. The number of hydrogen-bond acceptors (Lipinski definition) is 3. The van der Waals surface area contributed by atoms with Crippen molar-refractivity contribution in [2.75, 3.05) is 11.1 Å². The summed E-state index contributed by atoms with van der Waals surface area (Å²) in [7, 11) is 0. The fraction of sp³-hybridized carbons (Fsp3) is 0.818. The predicted octanol–water partition coefficient (Wildman–Crippen LogP) is 2.56. The summed E-state index contributed by atoms with van der Waals surface area (Å²) in [6, 6.07) is 0.407. The van der Waals surface area contributed by atoms with Gasteiger partial charge in [0.15, 0.2) is 5.16 Å². The zero-order valence-corrected chi connectivity index (χ0v) is 12.0. The predicted molar refractivity (Wildman–Crippen MR) is 71.9 cm³/mol. The smallest absolute Gasteiger partial charge is 0.267 e. The van der Waals surface area contributed by atoms with Crippen LogP contribution in [-0.4, -0.2) is 25.8 Å². The Morgan fingerprint density at radius 3 is 2.82 bits per heavy atom. The third kappa shape index (κ3) is 2.21. The first-order chi connectivity index (χ1) is 8.24. The number of aromatic nitrogens is 3. The first-order valence-electron chi connectivity index (χ1n) is 6.10. The van der Waals surface area contributed by atoms with Crippen molar-refractivity contribution in [2.24, 2.45) is 5.41 Å². The monoisotopic (exact) mass is 317 g/mol. The Morgan fingerprint density at radius 2 is 2.29 bits per heavy atom. The van der Waals surface area contributed by atoms with E-state index in [1.54, 1.807) is 11.8 Å². The SMILES string of the molecule is O=c1[nH]nc(SCC2(CBr)CCC2)n1C1CC1. The van der Waals surface area contributed by atoms with Crippen LogP contribution in [0.2, 0.25) is 0 Å². The van der Waals surface area contributed by atoms with E-state index in [4.69, 9.17) is 0 Å². The van der Waals surface area contributed by atoms with Gasteiger partial charge >= 0.3 is 5.69 Å². The molecule has 2 saturated carbocycles. The zero-order valence-electron chi connectivity index (χ0n) is 9.62.